The summed E-state index contributed by atoms with van der Waals surface area (Å²) in [6, 6.07) is 15.8. The predicted octanol–water partition coefficient (Wildman–Crippen LogP) is 3.52. The first-order chi connectivity index (χ1) is 11.7. The van der Waals surface area contributed by atoms with E-state index in [0.717, 1.165) is 0 Å². The molecular formula is C19H21NO4. The van der Waals surface area contributed by atoms with Crippen molar-refractivity contribution >= 4 is 17.4 Å². The van der Waals surface area contributed by atoms with Crippen molar-refractivity contribution in [3.05, 3.63) is 65.7 Å². The lowest BCUT2D eigenvalue weighted by atomic mass is 10.1. The van der Waals surface area contributed by atoms with Crippen LogP contribution in [0.15, 0.2) is 54.6 Å². The third-order valence-electron chi connectivity index (χ3n) is 3.34. The maximum Gasteiger partial charge on any atom is 0.340 e. The molecule has 0 aliphatic carbocycles. The number of carbonyl (C=O) groups is 2. The van der Waals surface area contributed by atoms with E-state index >= 15 is 0 Å². The molecule has 5 nitrogen and oxygen atoms in total. The molecule has 0 amide bonds. The van der Waals surface area contributed by atoms with Crippen LogP contribution in [0, 0.1) is 0 Å². The van der Waals surface area contributed by atoms with Crippen LogP contribution >= 0.6 is 0 Å². The maximum absolute atomic E-state index is 12.6. The molecule has 0 aliphatic heterocycles. The number of carbonyl (C=O) groups excluding carboxylic acids is 2. The van der Waals surface area contributed by atoms with Crippen molar-refractivity contribution in [2.45, 2.75) is 20.1 Å². The largest absolute Gasteiger partial charge is 0.462 e. The van der Waals surface area contributed by atoms with Crippen LogP contribution in [0.1, 0.15) is 34.6 Å². The Labute approximate surface area is 141 Å². The number of anilines is 1. The van der Waals surface area contributed by atoms with Crippen LogP contribution in [0.3, 0.4) is 0 Å². The summed E-state index contributed by atoms with van der Waals surface area (Å²) in [6.45, 7) is 4.20. The highest BCUT2D eigenvalue weighted by Crippen LogP contribution is 2.19. The Morgan fingerprint density at radius 1 is 0.958 bits per heavy atom. The average molecular weight is 327 g/mol. The summed E-state index contributed by atoms with van der Waals surface area (Å²) in [5.41, 5.74) is 1.40. The molecule has 0 aromatic heterocycles. The molecule has 0 bridgehead atoms. The van der Waals surface area contributed by atoms with Gasteiger partial charge < -0.3 is 14.8 Å². The number of Topliss-reactive ketones (excluding diaryl/α,β-unsaturated/α-hetero) is 1. The van der Waals surface area contributed by atoms with E-state index in [-0.39, 0.29) is 12.4 Å². The minimum atomic E-state index is -0.882. The van der Waals surface area contributed by atoms with E-state index in [2.05, 4.69) is 5.32 Å². The van der Waals surface area contributed by atoms with E-state index in [1.54, 1.807) is 55.5 Å². The SMILES string of the molecule is CCOC(=O)c1ccccc1N[C@@H](OCC)C(=O)c1ccccc1. The van der Waals surface area contributed by atoms with Gasteiger partial charge in [-0.2, -0.15) is 0 Å². The van der Waals surface area contributed by atoms with E-state index in [1.807, 2.05) is 13.0 Å². The number of hydrogen-bond acceptors (Lipinski definition) is 5. The molecule has 0 saturated heterocycles. The number of benzene rings is 2. The summed E-state index contributed by atoms with van der Waals surface area (Å²) < 4.78 is 10.6. The van der Waals surface area contributed by atoms with Crippen LogP contribution in [-0.4, -0.2) is 31.2 Å². The minimum absolute atomic E-state index is 0.198. The minimum Gasteiger partial charge on any atom is -0.462 e. The molecule has 0 spiro atoms. The van der Waals surface area contributed by atoms with Crippen molar-refractivity contribution in [2.24, 2.45) is 0 Å². The van der Waals surface area contributed by atoms with Crippen LogP contribution in [0.5, 0.6) is 0 Å². The molecule has 24 heavy (non-hydrogen) atoms. The Bertz CT molecular complexity index is 685. The molecule has 2 aromatic rings. The molecule has 0 fully saturated rings. The summed E-state index contributed by atoms with van der Waals surface area (Å²) in [7, 11) is 0. The van der Waals surface area contributed by atoms with Gasteiger partial charge in [0.2, 0.25) is 5.78 Å². The maximum atomic E-state index is 12.6. The van der Waals surface area contributed by atoms with E-state index in [0.29, 0.717) is 23.4 Å². The van der Waals surface area contributed by atoms with Crippen LogP contribution in [-0.2, 0) is 9.47 Å². The highest BCUT2D eigenvalue weighted by molar-refractivity contribution is 6.02. The second-order valence-corrected chi connectivity index (χ2v) is 4.98. The summed E-state index contributed by atoms with van der Waals surface area (Å²) in [6.07, 6.45) is -0.882. The second kappa shape index (κ2) is 8.84. The first kappa shape index (κ1) is 17.7. The molecule has 5 heteroatoms. The number of ether oxygens (including phenoxy) is 2. The lowest BCUT2D eigenvalue weighted by molar-refractivity contribution is 0.0515. The fourth-order valence-electron chi connectivity index (χ4n) is 2.24. The zero-order valence-corrected chi connectivity index (χ0v) is 13.8. The van der Waals surface area contributed by atoms with Gasteiger partial charge in [-0.05, 0) is 26.0 Å². The highest BCUT2D eigenvalue weighted by Gasteiger charge is 2.22. The number of nitrogens with one attached hydrogen (secondary N) is 1. The molecule has 2 aromatic carbocycles. The Balaban J connectivity index is 2.25. The third-order valence-corrected chi connectivity index (χ3v) is 3.34. The second-order valence-electron chi connectivity index (χ2n) is 4.98. The number of esters is 1. The van der Waals surface area contributed by atoms with Crippen LogP contribution in [0.4, 0.5) is 5.69 Å². The van der Waals surface area contributed by atoms with Crippen LogP contribution < -0.4 is 5.32 Å². The molecular weight excluding hydrogens is 306 g/mol. The van der Waals surface area contributed by atoms with E-state index in [9.17, 15) is 9.59 Å². The van der Waals surface area contributed by atoms with Crippen molar-refractivity contribution in [3.8, 4) is 0 Å². The lowest BCUT2D eigenvalue weighted by Gasteiger charge is -2.20. The van der Waals surface area contributed by atoms with Gasteiger partial charge in [-0.1, -0.05) is 42.5 Å². The Hall–Kier alpha value is -2.66. The fourth-order valence-corrected chi connectivity index (χ4v) is 2.24. The molecule has 2 rings (SSSR count). The zero-order chi connectivity index (χ0) is 17.4. The van der Waals surface area contributed by atoms with Gasteiger partial charge in [0.1, 0.15) is 0 Å². The molecule has 0 unspecified atom stereocenters. The van der Waals surface area contributed by atoms with Crippen molar-refractivity contribution in [1.29, 1.82) is 0 Å². The zero-order valence-electron chi connectivity index (χ0n) is 13.8. The number of para-hydroxylation sites is 1. The Morgan fingerprint density at radius 3 is 2.29 bits per heavy atom. The summed E-state index contributed by atoms with van der Waals surface area (Å²) in [5.74, 6) is -0.640. The first-order valence-electron chi connectivity index (χ1n) is 7.91. The van der Waals surface area contributed by atoms with Crippen molar-refractivity contribution in [3.63, 3.8) is 0 Å². The number of hydrogen-bond donors (Lipinski definition) is 1. The van der Waals surface area contributed by atoms with E-state index in [4.69, 9.17) is 9.47 Å². The van der Waals surface area contributed by atoms with E-state index < -0.39 is 12.2 Å². The Morgan fingerprint density at radius 2 is 1.62 bits per heavy atom. The quantitative estimate of drug-likeness (QED) is 0.456. The van der Waals surface area contributed by atoms with Crippen molar-refractivity contribution < 1.29 is 19.1 Å². The lowest BCUT2D eigenvalue weighted by Crippen LogP contribution is -2.33. The topological polar surface area (TPSA) is 64.6 Å². The summed E-state index contributed by atoms with van der Waals surface area (Å²) >= 11 is 0. The van der Waals surface area contributed by atoms with Crippen LogP contribution in [0.25, 0.3) is 0 Å². The van der Waals surface area contributed by atoms with Crippen LogP contribution in [0.2, 0.25) is 0 Å². The smallest absolute Gasteiger partial charge is 0.340 e. The monoisotopic (exact) mass is 327 g/mol. The molecule has 0 saturated carbocycles. The highest BCUT2D eigenvalue weighted by atomic mass is 16.5. The van der Waals surface area contributed by atoms with E-state index in [1.165, 1.54) is 0 Å². The number of ketones is 1. The van der Waals surface area contributed by atoms with Gasteiger partial charge >= 0.3 is 5.97 Å². The van der Waals surface area contributed by atoms with Gasteiger partial charge in [-0.15, -0.1) is 0 Å². The molecule has 1 atom stereocenters. The third kappa shape index (κ3) is 4.43. The average Bonchev–Trinajstić information content (AvgIpc) is 2.62. The molecule has 1 N–H and O–H groups in total. The first-order valence-corrected chi connectivity index (χ1v) is 7.91. The van der Waals surface area contributed by atoms with Crippen molar-refractivity contribution in [2.75, 3.05) is 18.5 Å². The van der Waals surface area contributed by atoms with Gasteiger partial charge in [0.05, 0.1) is 17.9 Å². The molecule has 0 aliphatic rings. The molecule has 0 heterocycles. The standard InChI is InChI=1S/C19H21NO4/c1-3-23-18(17(21)14-10-6-5-7-11-14)20-16-13-9-8-12-15(16)19(22)24-4-2/h5-13,18,20H,3-4H2,1-2H3/t18-/m0/s1. The van der Waals surface area contributed by atoms with Gasteiger partial charge in [0.15, 0.2) is 6.23 Å². The van der Waals surface area contributed by atoms with Crippen molar-refractivity contribution in [1.82, 2.24) is 0 Å². The number of rotatable bonds is 8. The van der Waals surface area contributed by atoms with Gasteiger partial charge in [0, 0.05) is 12.2 Å². The van der Waals surface area contributed by atoms with Gasteiger partial charge in [-0.25, -0.2) is 4.79 Å². The Kier molecular flexibility index (Phi) is 6.51. The van der Waals surface area contributed by atoms with Gasteiger partial charge in [0.25, 0.3) is 0 Å². The predicted molar refractivity (Wildman–Crippen MR) is 92.2 cm³/mol. The molecule has 126 valence electrons. The summed E-state index contributed by atoms with van der Waals surface area (Å²) in [5, 5.41) is 3.01. The fraction of sp³-hybridized carbons (Fsp3) is 0.263. The summed E-state index contributed by atoms with van der Waals surface area (Å²) in [4.78, 5) is 24.7. The normalized spacial score (nSPS) is 11.6. The molecule has 0 radical (unpaired) electrons. The van der Waals surface area contributed by atoms with Gasteiger partial charge in [-0.3, -0.25) is 4.79 Å².